The highest BCUT2D eigenvalue weighted by molar-refractivity contribution is 8.00. The van der Waals surface area contributed by atoms with E-state index in [9.17, 15) is 14.0 Å². The molecule has 2 aromatic rings. The first-order chi connectivity index (χ1) is 11.0. The maximum atomic E-state index is 12.7. The van der Waals surface area contributed by atoms with Crippen LogP contribution in [0.25, 0.3) is 0 Å². The molecule has 2 aromatic carbocycles. The van der Waals surface area contributed by atoms with Crippen LogP contribution in [0.3, 0.4) is 0 Å². The monoisotopic (exact) mass is 353 g/mol. The van der Waals surface area contributed by atoms with Crippen LogP contribution in [0.2, 0.25) is 5.02 Å². The van der Waals surface area contributed by atoms with Crippen molar-refractivity contribution in [1.29, 1.82) is 0 Å². The van der Waals surface area contributed by atoms with E-state index in [-0.39, 0.29) is 5.75 Å². The molecular formula is C16H13ClFNO3S. The number of hydrogen-bond donors (Lipinski definition) is 1. The Balaban J connectivity index is 1.70. The summed E-state index contributed by atoms with van der Waals surface area (Å²) in [6, 6.07) is 12.3. The van der Waals surface area contributed by atoms with Crippen molar-refractivity contribution in [2.24, 2.45) is 0 Å². The number of amides is 1. The Labute approximate surface area is 142 Å². The van der Waals surface area contributed by atoms with E-state index in [1.54, 1.807) is 24.3 Å². The Hall–Kier alpha value is -2.05. The number of esters is 1. The molecule has 0 unspecified atom stereocenters. The van der Waals surface area contributed by atoms with Crippen molar-refractivity contribution in [3.05, 3.63) is 59.4 Å². The number of carbonyl (C=O) groups is 2. The van der Waals surface area contributed by atoms with Gasteiger partial charge in [0.2, 0.25) is 0 Å². The number of benzene rings is 2. The number of rotatable bonds is 6. The van der Waals surface area contributed by atoms with Gasteiger partial charge in [-0.05, 0) is 48.5 Å². The van der Waals surface area contributed by atoms with Crippen molar-refractivity contribution in [1.82, 2.24) is 0 Å². The van der Waals surface area contributed by atoms with Gasteiger partial charge in [-0.15, -0.1) is 11.8 Å². The lowest BCUT2D eigenvalue weighted by Crippen LogP contribution is -2.21. The molecule has 1 amide bonds. The van der Waals surface area contributed by atoms with Crippen LogP contribution in [0.1, 0.15) is 0 Å². The highest BCUT2D eigenvalue weighted by Crippen LogP contribution is 2.20. The Morgan fingerprint density at radius 3 is 2.39 bits per heavy atom. The van der Waals surface area contributed by atoms with Crippen LogP contribution in [0.15, 0.2) is 53.4 Å². The van der Waals surface area contributed by atoms with Gasteiger partial charge in [0, 0.05) is 15.6 Å². The highest BCUT2D eigenvalue weighted by Gasteiger charge is 2.09. The van der Waals surface area contributed by atoms with E-state index >= 15 is 0 Å². The lowest BCUT2D eigenvalue weighted by Gasteiger charge is -2.06. The fourth-order valence-corrected chi connectivity index (χ4v) is 2.41. The summed E-state index contributed by atoms with van der Waals surface area (Å²) in [6.45, 7) is -0.391. The van der Waals surface area contributed by atoms with Gasteiger partial charge in [0.1, 0.15) is 5.82 Å². The van der Waals surface area contributed by atoms with Gasteiger partial charge in [0.05, 0.1) is 5.75 Å². The van der Waals surface area contributed by atoms with Crippen LogP contribution in [0, 0.1) is 5.82 Å². The van der Waals surface area contributed by atoms with E-state index in [0.29, 0.717) is 10.7 Å². The van der Waals surface area contributed by atoms with Crippen LogP contribution < -0.4 is 5.32 Å². The second kappa shape index (κ2) is 8.55. The molecule has 1 N–H and O–H groups in total. The van der Waals surface area contributed by atoms with E-state index in [1.807, 2.05) is 0 Å². The van der Waals surface area contributed by atoms with Gasteiger partial charge in [-0.3, -0.25) is 9.59 Å². The molecule has 7 heteroatoms. The predicted octanol–water partition coefficient (Wildman–Crippen LogP) is 3.75. The number of anilines is 1. The van der Waals surface area contributed by atoms with Crippen LogP contribution in [-0.2, 0) is 14.3 Å². The molecule has 2 rings (SSSR count). The summed E-state index contributed by atoms with van der Waals surface area (Å²) >= 11 is 7.06. The Kier molecular flexibility index (Phi) is 6.43. The molecule has 0 bridgehead atoms. The second-order valence-corrected chi connectivity index (χ2v) is 5.94. The summed E-state index contributed by atoms with van der Waals surface area (Å²) in [7, 11) is 0. The lowest BCUT2D eigenvalue weighted by atomic mass is 10.3. The van der Waals surface area contributed by atoms with Gasteiger partial charge >= 0.3 is 5.97 Å². The molecule has 0 aliphatic heterocycles. The minimum atomic E-state index is -0.501. The van der Waals surface area contributed by atoms with E-state index in [1.165, 1.54) is 36.0 Å². The third kappa shape index (κ3) is 6.30. The van der Waals surface area contributed by atoms with E-state index in [0.717, 1.165) is 4.90 Å². The largest absolute Gasteiger partial charge is 0.455 e. The zero-order chi connectivity index (χ0) is 16.7. The zero-order valence-electron chi connectivity index (χ0n) is 11.9. The molecule has 4 nitrogen and oxygen atoms in total. The summed E-state index contributed by atoms with van der Waals surface area (Å²) in [5, 5.41) is 3.12. The number of carbonyl (C=O) groups excluding carboxylic acids is 2. The third-order valence-corrected chi connectivity index (χ3v) is 3.90. The van der Waals surface area contributed by atoms with Gasteiger partial charge in [-0.2, -0.15) is 0 Å². The van der Waals surface area contributed by atoms with E-state index in [2.05, 4.69) is 5.32 Å². The summed E-state index contributed by atoms with van der Waals surface area (Å²) in [6.07, 6.45) is 0. The molecular weight excluding hydrogens is 341 g/mol. The molecule has 0 radical (unpaired) electrons. The van der Waals surface area contributed by atoms with Crippen molar-refractivity contribution >= 4 is 40.9 Å². The van der Waals surface area contributed by atoms with Crippen molar-refractivity contribution in [2.75, 3.05) is 17.7 Å². The van der Waals surface area contributed by atoms with Crippen molar-refractivity contribution < 1.29 is 18.7 Å². The molecule has 120 valence electrons. The summed E-state index contributed by atoms with van der Waals surface area (Å²) < 4.78 is 17.6. The Morgan fingerprint density at radius 1 is 1.09 bits per heavy atom. The molecule has 0 saturated heterocycles. The average molecular weight is 354 g/mol. The fourth-order valence-electron chi connectivity index (χ4n) is 1.59. The van der Waals surface area contributed by atoms with Gasteiger partial charge in [-0.1, -0.05) is 11.6 Å². The van der Waals surface area contributed by atoms with Crippen LogP contribution in [-0.4, -0.2) is 24.2 Å². The van der Waals surface area contributed by atoms with E-state index in [4.69, 9.17) is 16.3 Å². The molecule has 0 atom stereocenters. The Morgan fingerprint density at radius 2 is 1.74 bits per heavy atom. The van der Waals surface area contributed by atoms with Crippen LogP contribution in [0.4, 0.5) is 10.1 Å². The van der Waals surface area contributed by atoms with Crippen molar-refractivity contribution in [3.8, 4) is 0 Å². The highest BCUT2D eigenvalue weighted by atomic mass is 35.5. The smallest absolute Gasteiger partial charge is 0.316 e. The van der Waals surface area contributed by atoms with Crippen molar-refractivity contribution in [3.63, 3.8) is 0 Å². The third-order valence-electron chi connectivity index (χ3n) is 2.66. The minimum Gasteiger partial charge on any atom is -0.455 e. The quantitative estimate of drug-likeness (QED) is 0.634. The first kappa shape index (κ1) is 17.3. The summed E-state index contributed by atoms with van der Waals surface area (Å²) in [5.41, 5.74) is 0.433. The maximum Gasteiger partial charge on any atom is 0.316 e. The molecule has 0 aliphatic carbocycles. The number of thioether (sulfide) groups is 1. The molecule has 23 heavy (non-hydrogen) atoms. The SMILES string of the molecule is O=C(COC(=O)CSc1ccc(Cl)cc1)Nc1ccc(F)cc1. The molecule has 0 heterocycles. The fraction of sp³-hybridized carbons (Fsp3) is 0.125. The van der Waals surface area contributed by atoms with E-state index < -0.39 is 24.3 Å². The number of ether oxygens (including phenoxy) is 1. The number of nitrogens with one attached hydrogen (secondary N) is 1. The molecule has 0 saturated carbocycles. The topological polar surface area (TPSA) is 55.4 Å². The average Bonchev–Trinajstić information content (AvgIpc) is 2.54. The summed E-state index contributed by atoms with van der Waals surface area (Å²) in [5.74, 6) is -1.29. The molecule has 0 aliphatic rings. The standard InChI is InChI=1S/C16H13ClFNO3S/c17-11-1-7-14(8-2-11)23-10-16(21)22-9-15(20)19-13-5-3-12(18)4-6-13/h1-8H,9-10H2,(H,19,20). The maximum absolute atomic E-state index is 12.7. The molecule has 0 spiro atoms. The van der Waals surface area contributed by atoms with Gasteiger partial charge in [0.15, 0.2) is 6.61 Å². The molecule has 0 fully saturated rings. The van der Waals surface area contributed by atoms with Gasteiger partial charge in [-0.25, -0.2) is 4.39 Å². The first-order valence-electron chi connectivity index (χ1n) is 6.62. The van der Waals surface area contributed by atoms with Crippen molar-refractivity contribution in [2.45, 2.75) is 4.90 Å². The van der Waals surface area contributed by atoms with Gasteiger partial charge in [0.25, 0.3) is 5.91 Å². The lowest BCUT2D eigenvalue weighted by molar-refractivity contribution is -0.144. The predicted molar refractivity (Wildman–Crippen MR) is 88.2 cm³/mol. The molecule has 0 aromatic heterocycles. The minimum absolute atomic E-state index is 0.0888. The van der Waals surface area contributed by atoms with Crippen LogP contribution >= 0.6 is 23.4 Å². The second-order valence-electron chi connectivity index (χ2n) is 4.46. The van der Waals surface area contributed by atoms with Crippen LogP contribution in [0.5, 0.6) is 0 Å². The van der Waals surface area contributed by atoms with Gasteiger partial charge < -0.3 is 10.1 Å². The zero-order valence-corrected chi connectivity index (χ0v) is 13.5. The number of halogens is 2. The number of hydrogen-bond acceptors (Lipinski definition) is 4. The normalized spacial score (nSPS) is 10.2. The summed E-state index contributed by atoms with van der Waals surface area (Å²) in [4.78, 5) is 24.1. The Bertz CT molecular complexity index is 677. The first-order valence-corrected chi connectivity index (χ1v) is 7.99.